The zero-order valence-electron chi connectivity index (χ0n) is 12.1. The van der Waals surface area contributed by atoms with Crippen LogP contribution in [0.25, 0.3) is 0 Å². The lowest BCUT2D eigenvalue weighted by Crippen LogP contribution is -2.38. The summed E-state index contributed by atoms with van der Waals surface area (Å²) in [6.07, 6.45) is 2.77. The third kappa shape index (κ3) is 2.93. The smallest absolute Gasteiger partial charge is 0.0470 e. The fourth-order valence-electron chi connectivity index (χ4n) is 2.93. The van der Waals surface area contributed by atoms with Crippen molar-refractivity contribution in [1.82, 2.24) is 4.90 Å². The van der Waals surface area contributed by atoms with E-state index in [0.29, 0.717) is 18.6 Å². The average Bonchev–Trinajstić information content (AvgIpc) is 3.11. The van der Waals surface area contributed by atoms with Crippen molar-refractivity contribution in [2.24, 2.45) is 11.7 Å². The van der Waals surface area contributed by atoms with Gasteiger partial charge in [-0.2, -0.15) is 0 Å². The van der Waals surface area contributed by atoms with Crippen LogP contribution >= 0.6 is 0 Å². The Morgan fingerprint density at radius 3 is 2.22 bits per heavy atom. The first kappa shape index (κ1) is 13.6. The molecule has 2 heteroatoms. The highest BCUT2D eigenvalue weighted by Gasteiger charge is 2.33. The molecular formula is C16H26N2. The fraction of sp³-hybridized carbons (Fsp3) is 0.625. The molecule has 0 aliphatic heterocycles. The van der Waals surface area contributed by atoms with Gasteiger partial charge in [0, 0.05) is 18.6 Å². The minimum absolute atomic E-state index is 0.346. The number of nitrogens with two attached hydrogens (primary N) is 1. The Bertz CT molecular complexity index is 389. The van der Waals surface area contributed by atoms with Gasteiger partial charge in [0.05, 0.1) is 0 Å². The van der Waals surface area contributed by atoms with E-state index in [0.717, 1.165) is 5.92 Å². The van der Waals surface area contributed by atoms with E-state index in [1.165, 1.54) is 29.5 Å². The number of nitrogens with zero attached hydrogens (tertiary/aromatic N) is 1. The molecule has 1 aliphatic carbocycles. The van der Waals surface area contributed by atoms with Crippen LogP contribution in [-0.2, 0) is 0 Å². The van der Waals surface area contributed by atoms with E-state index >= 15 is 0 Å². The molecule has 0 saturated heterocycles. The van der Waals surface area contributed by atoms with Crippen molar-refractivity contribution in [2.75, 3.05) is 13.6 Å². The second-order valence-electron chi connectivity index (χ2n) is 5.92. The number of likely N-dealkylation sites (N-methyl/N-ethyl adjacent to an activating group) is 1. The van der Waals surface area contributed by atoms with Crippen LogP contribution in [-0.4, -0.2) is 24.5 Å². The topological polar surface area (TPSA) is 29.3 Å². The molecule has 1 aromatic rings. The van der Waals surface area contributed by atoms with E-state index in [1.807, 2.05) is 0 Å². The van der Waals surface area contributed by atoms with Crippen molar-refractivity contribution in [2.45, 2.75) is 45.7 Å². The Balaban J connectivity index is 2.20. The highest BCUT2D eigenvalue weighted by molar-refractivity contribution is 5.31. The highest BCUT2D eigenvalue weighted by Crippen LogP contribution is 2.37. The van der Waals surface area contributed by atoms with Gasteiger partial charge in [0.1, 0.15) is 0 Å². The van der Waals surface area contributed by atoms with Gasteiger partial charge in [0.2, 0.25) is 0 Å². The summed E-state index contributed by atoms with van der Waals surface area (Å²) in [4.78, 5) is 2.46. The van der Waals surface area contributed by atoms with Crippen LogP contribution in [0.5, 0.6) is 0 Å². The molecule has 2 nitrogen and oxygen atoms in total. The van der Waals surface area contributed by atoms with Crippen molar-refractivity contribution in [3.8, 4) is 0 Å². The molecule has 0 heterocycles. The van der Waals surface area contributed by atoms with Crippen LogP contribution in [0.15, 0.2) is 18.2 Å². The molecule has 1 fully saturated rings. The molecular weight excluding hydrogens is 220 g/mol. The van der Waals surface area contributed by atoms with Crippen molar-refractivity contribution >= 4 is 0 Å². The minimum atomic E-state index is 0.346. The number of aryl methyl sites for hydroxylation is 2. The van der Waals surface area contributed by atoms with Gasteiger partial charge in [-0.15, -0.1) is 0 Å². The summed E-state index contributed by atoms with van der Waals surface area (Å²) in [5.74, 6) is 0.884. The van der Waals surface area contributed by atoms with Crippen molar-refractivity contribution in [3.05, 3.63) is 34.9 Å². The molecule has 2 rings (SSSR count). The van der Waals surface area contributed by atoms with Gasteiger partial charge < -0.3 is 5.73 Å². The van der Waals surface area contributed by atoms with E-state index in [1.54, 1.807) is 0 Å². The van der Waals surface area contributed by atoms with Gasteiger partial charge in [-0.1, -0.05) is 29.3 Å². The van der Waals surface area contributed by atoms with Crippen LogP contribution in [0.1, 0.15) is 42.5 Å². The molecule has 0 aromatic heterocycles. The average molecular weight is 246 g/mol. The molecule has 0 bridgehead atoms. The quantitative estimate of drug-likeness (QED) is 0.865. The SMILES string of the molecule is Cc1cc(C)cc(C(CN)N(C)C(C)C2CC2)c1. The van der Waals surface area contributed by atoms with Gasteiger partial charge in [0.25, 0.3) is 0 Å². The number of hydrogen-bond acceptors (Lipinski definition) is 2. The van der Waals surface area contributed by atoms with Gasteiger partial charge in [-0.05, 0) is 52.1 Å². The van der Waals surface area contributed by atoms with E-state index in [-0.39, 0.29) is 0 Å². The normalized spacial score (nSPS) is 19.0. The molecule has 1 aromatic carbocycles. The predicted octanol–water partition coefficient (Wildman–Crippen LogP) is 3.03. The number of hydrogen-bond donors (Lipinski definition) is 1. The van der Waals surface area contributed by atoms with Crippen LogP contribution in [0.4, 0.5) is 0 Å². The molecule has 2 N–H and O–H groups in total. The zero-order chi connectivity index (χ0) is 13.3. The van der Waals surface area contributed by atoms with E-state index in [9.17, 15) is 0 Å². The Kier molecular flexibility index (Phi) is 4.08. The Morgan fingerprint density at radius 1 is 1.22 bits per heavy atom. The standard InChI is InChI=1S/C16H26N2/c1-11-7-12(2)9-15(8-11)16(10-17)18(4)13(3)14-5-6-14/h7-9,13-14,16H,5-6,10,17H2,1-4H3. The molecule has 2 atom stereocenters. The van der Waals surface area contributed by atoms with Gasteiger partial charge in [0.15, 0.2) is 0 Å². The number of rotatable bonds is 5. The molecule has 0 amide bonds. The van der Waals surface area contributed by atoms with Gasteiger partial charge in [-0.3, -0.25) is 4.90 Å². The van der Waals surface area contributed by atoms with E-state index < -0.39 is 0 Å². The van der Waals surface area contributed by atoms with Crippen LogP contribution in [0, 0.1) is 19.8 Å². The third-order valence-electron chi connectivity index (χ3n) is 4.29. The summed E-state index contributed by atoms with van der Waals surface area (Å²) >= 11 is 0. The molecule has 1 aliphatic rings. The van der Waals surface area contributed by atoms with Crippen molar-refractivity contribution < 1.29 is 0 Å². The first-order valence-corrected chi connectivity index (χ1v) is 7.03. The summed E-state index contributed by atoms with van der Waals surface area (Å²) in [6.45, 7) is 7.35. The fourth-order valence-corrected chi connectivity index (χ4v) is 2.93. The molecule has 1 saturated carbocycles. The Labute approximate surface area is 111 Å². The van der Waals surface area contributed by atoms with Gasteiger partial charge >= 0.3 is 0 Å². The molecule has 18 heavy (non-hydrogen) atoms. The molecule has 0 spiro atoms. The maximum atomic E-state index is 6.02. The lowest BCUT2D eigenvalue weighted by molar-refractivity contribution is 0.171. The molecule has 100 valence electrons. The zero-order valence-corrected chi connectivity index (χ0v) is 12.1. The second-order valence-corrected chi connectivity index (χ2v) is 5.92. The summed E-state index contributed by atoms with van der Waals surface area (Å²) in [6, 6.07) is 7.77. The van der Waals surface area contributed by atoms with Crippen LogP contribution in [0.3, 0.4) is 0 Å². The highest BCUT2D eigenvalue weighted by atomic mass is 15.2. The van der Waals surface area contributed by atoms with E-state index in [2.05, 4.69) is 50.9 Å². The van der Waals surface area contributed by atoms with E-state index in [4.69, 9.17) is 5.73 Å². The summed E-state index contributed by atoms with van der Waals surface area (Å²) in [5.41, 5.74) is 10.0. The maximum Gasteiger partial charge on any atom is 0.0470 e. The first-order chi connectivity index (χ1) is 8.52. The lowest BCUT2D eigenvalue weighted by Gasteiger charge is -2.33. The predicted molar refractivity (Wildman–Crippen MR) is 77.7 cm³/mol. The third-order valence-corrected chi connectivity index (χ3v) is 4.29. The summed E-state index contributed by atoms with van der Waals surface area (Å²) < 4.78 is 0. The van der Waals surface area contributed by atoms with Crippen LogP contribution < -0.4 is 5.73 Å². The van der Waals surface area contributed by atoms with Crippen molar-refractivity contribution in [3.63, 3.8) is 0 Å². The maximum absolute atomic E-state index is 6.02. The summed E-state index contributed by atoms with van der Waals surface area (Å²) in [7, 11) is 2.22. The largest absolute Gasteiger partial charge is 0.329 e. The second kappa shape index (κ2) is 5.41. The summed E-state index contributed by atoms with van der Waals surface area (Å²) in [5, 5.41) is 0. The molecule has 2 unspecified atom stereocenters. The van der Waals surface area contributed by atoms with Gasteiger partial charge in [-0.25, -0.2) is 0 Å². The van der Waals surface area contributed by atoms with Crippen LogP contribution in [0.2, 0.25) is 0 Å². The Morgan fingerprint density at radius 2 is 1.78 bits per heavy atom. The molecule has 0 radical (unpaired) electrons. The number of benzene rings is 1. The van der Waals surface area contributed by atoms with Crippen molar-refractivity contribution in [1.29, 1.82) is 0 Å². The minimum Gasteiger partial charge on any atom is -0.329 e. The lowest BCUT2D eigenvalue weighted by atomic mass is 9.99. The first-order valence-electron chi connectivity index (χ1n) is 7.03. The monoisotopic (exact) mass is 246 g/mol. The Hall–Kier alpha value is -0.860.